The summed E-state index contributed by atoms with van der Waals surface area (Å²) < 4.78 is 0.863. The summed E-state index contributed by atoms with van der Waals surface area (Å²) >= 11 is 3.43. The second-order valence-corrected chi connectivity index (χ2v) is 5.07. The second kappa shape index (κ2) is 4.55. The van der Waals surface area contributed by atoms with Gasteiger partial charge in [0.2, 0.25) is 0 Å². The van der Waals surface area contributed by atoms with Gasteiger partial charge in [0, 0.05) is 24.6 Å². The second-order valence-electron chi connectivity index (χ2n) is 4.21. The van der Waals surface area contributed by atoms with Crippen molar-refractivity contribution in [2.24, 2.45) is 0 Å². The monoisotopic (exact) mass is 282 g/mol. The van der Waals surface area contributed by atoms with E-state index in [0.717, 1.165) is 28.7 Å². The van der Waals surface area contributed by atoms with E-state index in [2.05, 4.69) is 21.2 Å². The van der Waals surface area contributed by atoms with Gasteiger partial charge in [0.05, 0.1) is 11.6 Å². The molecular weight excluding hydrogens is 268 g/mol. The van der Waals surface area contributed by atoms with E-state index in [-0.39, 0.29) is 5.91 Å². The Balaban J connectivity index is 2.22. The molecule has 1 aliphatic heterocycles. The predicted molar refractivity (Wildman–Crippen MR) is 67.6 cm³/mol. The van der Waals surface area contributed by atoms with Gasteiger partial charge < -0.3 is 10.2 Å². The van der Waals surface area contributed by atoms with E-state index in [1.807, 2.05) is 37.1 Å². The first-order valence-corrected chi connectivity index (χ1v) is 6.13. The fourth-order valence-corrected chi connectivity index (χ4v) is 2.12. The molecule has 3 nitrogen and oxygen atoms in total. The Morgan fingerprint density at radius 2 is 2.19 bits per heavy atom. The van der Waals surface area contributed by atoms with E-state index in [9.17, 15) is 4.79 Å². The largest absolute Gasteiger partial charge is 0.336 e. The molecule has 1 aliphatic rings. The van der Waals surface area contributed by atoms with Gasteiger partial charge in [0.25, 0.3) is 5.91 Å². The summed E-state index contributed by atoms with van der Waals surface area (Å²) in [5.41, 5.74) is 1.85. The van der Waals surface area contributed by atoms with Crippen LogP contribution >= 0.6 is 15.9 Å². The lowest BCUT2D eigenvalue weighted by atomic mass is 10.1. The van der Waals surface area contributed by atoms with Crippen LogP contribution in [0.15, 0.2) is 22.7 Å². The quantitative estimate of drug-likeness (QED) is 0.897. The highest BCUT2D eigenvalue weighted by Gasteiger charge is 2.26. The summed E-state index contributed by atoms with van der Waals surface area (Å²) in [6, 6.07) is 6.18. The Kier molecular flexibility index (Phi) is 3.30. The van der Waals surface area contributed by atoms with Crippen LogP contribution in [-0.2, 0) is 0 Å². The Morgan fingerprint density at radius 1 is 1.50 bits per heavy atom. The van der Waals surface area contributed by atoms with Crippen LogP contribution in [-0.4, -0.2) is 37.0 Å². The van der Waals surface area contributed by atoms with E-state index in [1.54, 1.807) is 0 Å². The van der Waals surface area contributed by atoms with Crippen LogP contribution in [0.5, 0.6) is 0 Å². The van der Waals surface area contributed by atoms with Gasteiger partial charge in [-0.15, -0.1) is 0 Å². The average Bonchev–Trinajstić information content (AvgIpc) is 2.18. The number of halogens is 1. The summed E-state index contributed by atoms with van der Waals surface area (Å²) in [5.74, 6) is 0.0853. The number of likely N-dealkylation sites (N-methyl/N-ethyl adjacent to an activating group) is 1. The molecule has 0 unspecified atom stereocenters. The van der Waals surface area contributed by atoms with E-state index in [1.165, 1.54) is 0 Å². The van der Waals surface area contributed by atoms with Crippen LogP contribution in [0.25, 0.3) is 0 Å². The van der Waals surface area contributed by atoms with Crippen molar-refractivity contribution in [3.8, 4) is 0 Å². The Hall–Kier alpha value is -0.870. The summed E-state index contributed by atoms with van der Waals surface area (Å²) in [6.45, 7) is 3.78. The Bertz CT molecular complexity index is 415. The molecular formula is C12H15BrN2O. The summed E-state index contributed by atoms with van der Waals surface area (Å²) in [6.07, 6.45) is 0. The molecule has 2 rings (SSSR count). The first kappa shape index (κ1) is 11.6. The number of nitrogens with zero attached hydrogens (tertiary/aromatic N) is 1. The van der Waals surface area contributed by atoms with Gasteiger partial charge in [-0.1, -0.05) is 11.6 Å². The van der Waals surface area contributed by atoms with Crippen LogP contribution in [0.1, 0.15) is 15.9 Å². The molecule has 1 N–H and O–H groups in total. The number of hydrogen-bond acceptors (Lipinski definition) is 2. The number of aryl methyl sites for hydroxylation is 1. The maximum Gasteiger partial charge on any atom is 0.255 e. The molecule has 1 aromatic carbocycles. The van der Waals surface area contributed by atoms with Crippen molar-refractivity contribution in [2.75, 3.05) is 20.1 Å². The van der Waals surface area contributed by atoms with Gasteiger partial charge in [-0.3, -0.25) is 4.79 Å². The normalized spacial score (nSPS) is 15.7. The van der Waals surface area contributed by atoms with Crippen molar-refractivity contribution in [2.45, 2.75) is 13.0 Å². The van der Waals surface area contributed by atoms with Crippen molar-refractivity contribution in [3.63, 3.8) is 0 Å². The van der Waals surface area contributed by atoms with Crippen LogP contribution in [0, 0.1) is 6.92 Å². The molecule has 1 heterocycles. The van der Waals surface area contributed by atoms with E-state index >= 15 is 0 Å². The van der Waals surface area contributed by atoms with Crippen molar-refractivity contribution in [1.82, 2.24) is 10.2 Å². The molecule has 1 amide bonds. The zero-order valence-electron chi connectivity index (χ0n) is 9.46. The third-order valence-corrected chi connectivity index (χ3v) is 3.67. The maximum atomic E-state index is 12.2. The van der Waals surface area contributed by atoms with Crippen molar-refractivity contribution < 1.29 is 4.79 Å². The van der Waals surface area contributed by atoms with Gasteiger partial charge in [-0.25, -0.2) is 0 Å². The summed E-state index contributed by atoms with van der Waals surface area (Å²) in [7, 11) is 1.86. The summed E-state index contributed by atoms with van der Waals surface area (Å²) in [5, 5.41) is 3.17. The fourth-order valence-electron chi connectivity index (χ4n) is 1.71. The minimum atomic E-state index is 0.0853. The third-order valence-electron chi connectivity index (χ3n) is 2.98. The number of carbonyl (C=O) groups is 1. The van der Waals surface area contributed by atoms with Crippen molar-refractivity contribution in [1.29, 1.82) is 0 Å². The molecule has 16 heavy (non-hydrogen) atoms. The molecule has 86 valence electrons. The highest BCUT2D eigenvalue weighted by Crippen LogP contribution is 2.20. The van der Waals surface area contributed by atoms with Gasteiger partial charge in [-0.05, 0) is 35.0 Å². The third kappa shape index (κ3) is 2.13. The molecule has 0 aliphatic carbocycles. The molecule has 0 atom stereocenters. The Morgan fingerprint density at radius 3 is 2.75 bits per heavy atom. The number of amides is 1. The maximum absolute atomic E-state index is 12.2. The van der Waals surface area contributed by atoms with Crippen LogP contribution in [0.4, 0.5) is 0 Å². The number of hydrogen-bond donors (Lipinski definition) is 1. The van der Waals surface area contributed by atoms with E-state index in [0.29, 0.717) is 6.04 Å². The smallest absolute Gasteiger partial charge is 0.255 e. The van der Waals surface area contributed by atoms with E-state index < -0.39 is 0 Å². The number of nitrogens with one attached hydrogen (secondary N) is 1. The molecule has 0 bridgehead atoms. The first-order chi connectivity index (χ1) is 7.59. The van der Waals surface area contributed by atoms with Gasteiger partial charge in [0.1, 0.15) is 0 Å². The lowest BCUT2D eigenvalue weighted by Gasteiger charge is -2.35. The van der Waals surface area contributed by atoms with Crippen LogP contribution < -0.4 is 5.32 Å². The molecule has 0 saturated carbocycles. The van der Waals surface area contributed by atoms with Crippen molar-refractivity contribution >= 4 is 21.8 Å². The fraction of sp³-hybridized carbons (Fsp3) is 0.417. The standard InChI is InChI=1S/C12H15BrN2O/c1-8-3-4-11(13)10(5-8)12(16)15(2)9-6-14-7-9/h3-5,9,14H,6-7H2,1-2H3. The highest BCUT2D eigenvalue weighted by molar-refractivity contribution is 9.10. The van der Waals surface area contributed by atoms with Gasteiger partial charge in [-0.2, -0.15) is 0 Å². The van der Waals surface area contributed by atoms with Gasteiger partial charge in [0.15, 0.2) is 0 Å². The van der Waals surface area contributed by atoms with Gasteiger partial charge >= 0.3 is 0 Å². The predicted octanol–water partition coefficient (Wildman–Crippen LogP) is 1.80. The molecule has 1 fully saturated rings. The topological polar surface area (TPSA) is 32.3 Å². The number of benzene rings is 1. The Labute approximate surface area is 104 Å². The minimum absolute atomic E-state index is 0.0853. The summed E-state index contributed by atoms with van der Waals surface area (Å²) in [4.78, 5) is 14.0. The zero-order chi connectivity index (χ0) is 11.7. The lowest BCUT2D eigenvalue weighted by Crippen LogP contribution is -2.57. The van der Waals surface area contributed by atoms with Crippen LogP contribution in [0.2, 0.25) is 0 Å². The SMILES string of the molecule is Cc1ccc(Br)c(C(=O)N(C)C2CNC2)c1. The minimum Gasteiger partial charge on any atom is -0.336 e. The lowest BCUT2D eigenvalue weighted by molar-refractivity contribution is 0.0680. The number of rotatable bonds is 2. The highest BCUT2D eigenvalue weighted by atomic mass is 79.9. The molecule has 0 aromatic heterocycles. The van der Waals surface area contributed by atoms with E-state index in [4.69, 9.17) is 0 Å². The first-order valence-electron chi connectivity index (χ1n) is 5.33. The molecule has 0 radical (unpaired) electrons. The molecule has 1 aromatic rings. The van der Waals surface area contributed by atoms with Crippen molar-refractivity contribution in [3.05, 3.63) is 33.8 Å². The molecule has 1 saturated heterocycles. The molecule has 4 heteroatoms. The number of carbonyl (C=O) groups excluding carboxylic acids is 1. The zero-order valence-corrected chi connectivity index (χ0v) is 11.0. The molecule has 0 spiro atoms. The van der Waals surface area contributed by atoms with Crippen LogP contribution in [0.3, 0.4) is 0 Å². The average molecular weight is 283 g/mol.